The fraction of sp³-hybridized carbons (Fsp3) is 0.400. The Morgan fingerprint density at radius 2 is 2.05 bits per heavy atom. The van der Waals surface area contributed by atoms with Gasteiger partial charge in [0, 0.05) is 19.0 Å². The van der Waals surface area contributed by atoms with E-state index >= 15 is 0 Å². The Labute approximate surface area is 122 Å². The van der Waals surface area contributed by atoms with Gasteiger partial charge in [-0.15, -0.1) is 0 Å². The van der Waals surface area contributed by atoms with Crippen LogP contribution in [0.25, 0.3) is 11.0 Å². The van der Waals surface area contributed by atoms with Gasteiger partial charge in [-0.1, -0.05) is 12.1 Å². The molecule has 0 spiro atoms. The second kappa shape index (κ2) is 6.39. The highest BCUT2D eigenvalue weighted by molar-refractivity contribution is 5.78. The quantitative estimate of drug-likeness (QED) is 0.847. The molecule has 21 heavy (non-hydrogen) atoms. The molecule has 0 aliphatic carbocycles. The molecule has 2 aromatic rings. The van der Waals surface area contributed by atoms with Crippen molar-refractivity contribution in [2.45, 2.75) is 32.9 Å². The third-order valence-corrected chi connectivity index (χ3v) is 3.64. The van der Waals surface area contributed by atoms with E-state index in [-0.39, 0.29) is 12.3 Å². The van der Waals surface area contributed by atoms with E-state index in [9.17, 15) is 9.59 Å². The van der Waals surface area contributed by atoms with Crippen LogP contribution in [0.15, 0.2) is 30.6 Å². The zero-order valence-corrected chi connectivity index (χ0v) is 12.1. The van der Waals surface area contributed by atoms with Crippen LogP contribution in [0, 0.1) is 5.92 Å². The Kier molecular flexibility index (Phi) is 4.57. The molecule has 0 saturated carbocycles. The molecule has 0 radical (unpaired) electrons. The number of nitrogens with zero attached hydrogens (tertiary/aromatic N) is 2. The van der Waals surface area contributed by atoms with Crippen molar-refractivity contribution in [3.05, 3.63) is 30.6 Å². The molecule has 0 fully saturated rings. The van der Waals surface area contributed by atoms with E-state index in [2.05, 4.69) is 10.3 Å². The van der Waals surface area contributed by atoms with Crippen molar-refractivity contribution in [3.63, 3.8) is 0 Å². The number of hydrogen-bond acceptors (Lipinski definition) is 3. The van der Waals surface area contributed by atoms with Crippen LogP contribution in [0.3, 0.4) is 0 Å². The number of rotatable bonds is 6. The third kappa shape index (κ3) is 3.59. The van der Waals surface area contributed by atoms with Gasteiger partial charge < -0.3 is 15.0 Å². The number of hydrogen-bond donors (Lipinski definition) is 2. The molecule has 0 aliphatic rings. The first-order chi connectivity index (χ1) is 9.99. The molecule has 2 N–H and O–H groups in total. The molecule has 1 aromatic heterocycles. The summed E-state index contributed by atoms with van der Waals surface area (Å²) < 4.78 is 1.92. The van der Waals surface area contributed by atoms with Gasteiger partial charge in [-0.25, -0.2) is 4.98 Å². The number of para-hydroxylation sites is 2. The van der Waals surface area contributed by atoms with Gasteiger partial charge in [-0.05, 0) is 26.0 Å². The van der Waals surface area contributed by atoms with Crippen molar-refractivity contribution in [2.24, 2.45) is 5.92 Å². The van der Waals surface area contributed by atoms with Gasteiger partial charge in [0.05, 0.1) is 23.3 Å². The summed E-state index contributed by atoms with van der Waals surface area (Å²) in [5, 5.41) is 11.6. The number of carboxylic acid groups (broad SMARTS) is 1. The number of carbonyl (C=O) groups excluding carboxylic acids is 1. The van der Waals surface area contributed by atoms with Gasteiger partial charge in [-0.2, -0.15) is 0 Å². The van der Waals surface area contributed by atoms with Crippen LogP contribution in [0.5, 0.6) is 0 Å². The molecular weight excluding hydrogens is 270 g/mol. The summed E-state index contributed by atoms with van der Waals surface area (Å²) in [5.74, 6) is -1.68. The highest BCUT2D eigenvalue weighted by Gasteiger charge is 2.20. The van der Waals surface area contributed by atoms with Crippen LogP contribution in [-0.2, 0) is 16.1 Å². The normalized spacial score (nSPS) is 13.8. The molecular formula is C15H19N3O3. The maximum Gasteiger partial charge on any atom is 0.308 e. The van der Waals surface area contributed by atoms with E-state index in [1.807, 2.05) is 28.8 Å². The Bertz CT molecular complexity index is 650. The van der Waals surface area contributed by atoms with E-state index in [0.29, 0.717) is 6.54 Å². The maximum absolute atomic E-state index is 11.9. The zero-order valence-electron chi connectivity index (χ0n) is 12.1. The molecule has 6 heteroatoms. The van der Waals surface area contributed by atoms with Crippen LogP contribution >= 0.6 is 0 Å². The van der Waals surface area contributed by atoms with E-state index in [1.54, 1.807) is 20.2 Å². The summed E-state index contributed by atoms with van der Waals surface area (Å²) >= 11 is 0. The standard InChI is InChI=1S/C15H19N3O3/c1-10(15(20)21)11(2)17-14(19)7-8-18-9-16-12-5-3-4-6-13(12)18/h3-6,9-11H,7-8H2,1-2H3,(H,17,19)(H,20,21). The molecule has 2 rings (SSSR count). The minimum absolute atomic E-state index is 0.159. The molecule has 1 heterocycles. The van der Waals surface area contributed by atoms with Gasteiger partial charge in [0.1, 0.15) is 0 Å². The largest absolute Gasteiger partial charge is 0.481 e. The minimum atomic E-state index is -0.914. The topological polar surface area (TPSA) is 84.2 Å². The molecule has 0 aliphatic heterocycles. The first-order valence-corrected chi connectivity index (χ1v) is 6.91. The number of aryl methyl sites for hydroxylation is 1. The molecule has 0 bridgehead atoms. The number of nitrogens with one attached hydrogen (secondary N) is 1. The number of amides is 1. The SMILES string of the molecule is CC(NC(=O)CCn1cnc2ccccc21)C(C)C(=O)O. The lowest BCUT2D eigenvalue weighted by molar-refractivity contribution is -0.142. The van der Waals surface area contributed by atoms with Crippen molar-refractivity contribution in [1.29, 1.82) is 0 Å². The number of aromatic nitrogens is 2. The van der Waals surface area contributed by atoms with E-state index < -0.39 is 17.9 Å². The van der Waals surface area contributed by atoms with Crippen molar-refractivity contribution in [2.75, 3.05) is 0 Å². The summed E-state index contributed by atoms with van der Waals surface area (Å²) in [4.78, 5) is 27.0. The molecule has 1 aromatic carbocycles. The fourth-order valence-electron chi connectivity index (χ4n) is 2.08. The average Bonchev–Trinajstić information content (AvgIpc) is 2.87. The summed E-state index contributed by atoms with van der Waals surface area (Å²) in [6, 6.07) is 7.32. The zero-order chi connectivity index (χ0) is 15.4. The molecule has 1 amide bonds. The second-order valence-electron chi connectivity index (χ2n) is 5.16. The van der Waals surface area contributed by atoms with Crippen molar-refractivity contribution in [3.8, 4) is 0 Å². The van der Waals surface area contributed by atoms with Crippen LogP contribution in [0.1, 0.15) is 20.3 Å². The summed E-state index contributed by atoms with van der Waals surface area (Å²) in [5.41, 5.74) is 1.88. The Morgan fingerprint density at radius 3 is 2.76 bits per heavy atom. The van der Waals surface area contributed by atoms with Crippen molar-refractivity contribution in [1.82, 2.24) is 14.9 Å². The van der Waals surface area contributed by atoms with E-state index in [1.165, 1.54) is 0 Å². The van der Waals surface area contributed by atoms with Gasteiger partial charge in [-0.3, -0.25) is 9.59 Å². The monoisotopic (exact) mass is 289 g/mol. The van der Waals surface area contributed by atoms with E-state index in [0.717, 1.165) is 11.0 Å². The first-order valence-electron chi connectivity index (χ1n) is 6.91. The summed E-state index contributed by atoms with van der Waals surface area (Å²) in [7, 11) is 0. The number of benzene rings is 1. The predicted octanol–water partition coefficient (Wildman–Crippen LogP) is 1.65. The van der Waals surface area contributed by atoms with Crippen LogP contribution in [0.4, 0.5) is 0 Å². The lowest BCUT2D eigenvalue weighted by atomic mass is 10.0. The second-order valence-corrected chi connectivity index (χ2v) is 5.16. The Morgan fingerprint density at radius 1 is 1.33 bits per heavy atom. The van der Waals surface area contributed by atoms with Gasteiger partial charge in [0.2, 0.25) is 5.91 Å². The van der Waals surface area contributed by atoms with Crippen molar-refractivity contribution < 1.29 is 14.7 Å². The summed E-state index contributed by atoms with van der Waals surface area (Å²) in [6.07, 6.45) is 2.00. The number of imidazole rings is 1. The molecule has 0 saturated heterocycles. The first kappa shape index (κ1) is 15.0. The number of aliphatic carboxylic acids is 1. The van der Waals surface area contributed by atoms with Gasteiger partial charge in [0.25, 0.3) is 0 Å². The van der Waals surface area contributed by atoms with Gasteiger partial charge in [0.15, 0.2) is 0 Å². The minimum Gasteiger partial charge on any atom is -0.481 e. The number of fused-ring (bicyclic) bond motifs is 1. The van der Waals surface area contributed by atoms with Crippen LogP contribution in [-0.4, -0.2) is 32.6 Å². The number of carbonyl (C=O) groups is 2. The fourth-order valence-corrected chi connectivity index (χ4v) is 2.08. The Hall–Kier alpha value is -2.37. The predicted molar refractivity (Wildman–Crippen MR) is 78.8 cm³/mol. The smallest absolute Gasteiger partial charge is 0.308 e. The Balaban J connectivity index is 1.91. The van der Waals surface area contributed by atoms with Crippen LogP contribution < -0.4 is 5.32 Å². The molecule has 2 atom stereocenters. The summed E-state index contributed by atoms with van der Waals surface area (Å²) in [6.45, 7) is 3.79. The highest BCUT2D eigenvalue weighted by Crippen LogP contribution is 2.12. The van der Waals surface area contributed by atoms with Gasteiger partial charge >= 0.3 is 5.97 Å². The van der Waals surface area contributed by atoms with E-state index in [4.69, 9.17) is 5.11 Å². The molecule has 2 unspecified atom stereocenters. The molecule has 112 valence electrons. The lowest BCUT2D eigenvalue weighted by Crippen LogP contribution is -2.40. The molecule has 6 nitrogen and oxygen atoms in total. The average molecular weight is 289 g/mol. The van der Waals surface area contributed by atoms with Crippen molar-refractivity contribution >= 4 is 22.9 Å². The number of carboxylic acids is 1. The van der Waals surface area contributed by atoms with Crippen LogP contribution in [0.2, 0.25) is 0 Å². The maximum atomic E-state index is 11.9. The highest BCUT2D eigenvalue weighted by atomic mass is 16.4. The lowest BCUT2D eigenvalue weighted by Gasteiger charge is -2.17. The third-order valence-electron chi connectivity index (χ3n) is 3.64.